The van der Waals surface area contributed by atoms with Gasteiger partial charge in [-0.15, -0.1) is 0 Å². The van der Waals surface area contributed by atoms with Crippen molar-refractivity contribution in [2.24, 2.45) is 0 Å². The maximum absolute atomic E-state index is 12.2. The number of nitrogens with zero attached hydrogens (tertiary/aromatic N) is 1. The summed E-state index contributed by atoms with van der Waals surface area (Å²) in [6.07, 6.45) is 4.22. The second kappa shape index (κ2) is 6.96. The van der Waals surface area contributed by atoms with Gasteiger partial charge in [-0.05, 0) is 48.9 Å². The average molecular weight is 278 g/mol. The Morgan fingerprint density at radius 3 is 2.60 bits per heavy atom. The van der Waals surface area contributed by atoms with Gasteiger partial charge in [0.25, 0.3) is 0 Å². The Morgan fingerprint density at radius 2 is 1.95 bits per heavy atom. The molecule has 0 saturated heterocycles. The fourth-order valence-corrected chi connectivity index (χ4v) is 2.05. The zero-order valence-corrected chi connectivity index (χ0v) is 11.1. The predicted molar refractivity (Wildman–Crippen MR) is 72.8 cm³/mol. The molecule has 1 heterocycles. The molecule has 1 atom stereocenters. The van der Waals surface area contributed by atoms with Gasteiger partial charge in [0.1, 0.15) is 5.75 Å². The number of halogens is 2. The lowest BCUT2D eigenvalue weighted by atomic mass is 9.99. The summed E-state index contributed by atoms with van der Waals surface area (Å²) >= 11 is 0. The van der Waals surface area contributed by atoms with Crippen LogP contribution in [0.5, 0.6) is 5.75 Å². The van der Waals surface area contributed by atoms with Crippen LogP contribution in [0.2, 0.25) is 0 Å². The Kier molecular flexibility index (Phi) is 5.01. The van der Waals surface area contributed by atoms with Gasteiger partial charge in [0.15, 0.2) is 0 Å². The van der Waals surface area contributed by atoms with Crippen molar-refractivity contribution in [2.45, 2.75) is 19.1 Å². The Balaban J connectivity index is 2.15. The number of alkyl halides is 2. The van der Waals surface area contributed by atoms with E-state index < -0.39 is 6.61 Å². The molecule has 0 aliphatic heterocycles. The zero-order valence-electron chi connectivity index (χ0n) is 11.1. The molecule has 5 heteroatoms. The van der Waals surface area contributed by atoms with E-state index in [2.05, 4.69) is 15.0 Å². The molecule has 0 aliphatic rings. The first-order valence-electron chi connectivity index (χ1n) is 6.30. The minimum atomic E-state index is -2.81. The number of nitrogens with one attached hydrogen (secondary N) is 1. The maximum Gasteiger partial charge on any atom is 0.387 e. The highest BCUT2D eigenvalue weighted by molar-refractivity contribution is 5.31. The van der Waals surface area contributed by atoms with Crippen molar-refractivity contribution < 1.29 is 13.5 Å². The molecule has 1 N–H and O–H groups in total. The molecule has 0 saturated carbocycles. The smallest absolute Gasteiger partial charge is 0.387 e. The summed E-state index contributed by atoms with van der Waals surface area (Å²) in [5, 5.41) is 3.18. The third kappa shape index (κ3) is 3.99. The normalized spacial score (nSPS) is 12.4. The van der Waals surface area contributed by atoms with Crippen molar-refractivity contribution in [3.05, 3.63) is 59.9 Å². The number of rotatable bonds is 6. The maximum atomic E-state index is 12.2. The molecule has 1 aromatic carbocycles. The van der Waals surface area contributed by atoms with E-state index in [1.807, 2.05) is 25.2 Å². The van der Waals surface area contributed by atoms with Crippen LogP contribution in [-0.4, -0.2) is 18.6 Å². The third-order valence-electron chi connectivity index (χ3n) is 3.02. The van der Waals surface area contributed by atoms with Crippen molar-refractivity contribution >= 4 is 0 Å². The van der Waals surface area contributed by atoms with Gasteiger partial charge in [-0.2, -0.15) is 8.78 Å². The van der Waals surface area contributed by atoms with Crippen LogP contribution in [0.4, 0.5) is 8.78 Å². The summed E-state index contributed by atoms with van der Waals surface area (Å²) in [6.45, 7) is -2.81. The minimum absolute atomic E-state index is 0.0265. The van der Waals surface area contributed by atoms with Gasteiger partial charge in [-0.1, -0.05) is 12.1 Å². The van der Waals surface area contributed by atoms with Crippen molar-refractivity contribution in [1.82, 2.24) is 10.3 Å². The minimum Gasteiger partial charge on any atom is -0.435 e. The predicted octanol–water partition coefficient (Wildman–Crippen LogP) is 3.19. The molecule has 2 aromatic rings. The SMILES string of the molecule is CNC(Cc1ccncc1)c1cccc(OC(F)F)c1. The highest BCUT2D eigenvalue weighted by Crippen LogP contribution is 2.23. The summed E-state index contributed by atoms with van der Waals surface area (Å²) in [7, 11) is 1.84. The van der Waals surface area contributed by atoms with Crippen LogP contribution in [0.3, 0.4) is 0 Å². The second-order valence-corrected chi connectivity index (χ2v) is 4.35. The van der Waals surface area contributed by atoms with Gasteiger partial charge in [0.2, 0.25) is 0 Å². The Hall–Kier alpha value is -2.01. The molecule has 0 fully saturated rings. The molecule has 20 heavy (non-hydrogen) atoms. The van der Waals surface area contributed by atoms with Gasteiger partial charge in [-0.3, -0.25) is 4.98 Å². The lowest BCUT2D eigenvalue weighted by Gasteiger charge is -2.17. The first-order valence-corrected chi connectivity index (χ1v) is 6.30. The van der Waals surface area contributed by atoms with E-state index in [1.54, 1.807) is 24.5 Å². The van der Waals surface area contributed by atoms with Crippen molar-refractivity contribution in [2.75, 3.05) is 7.05 Å². The fraction of sp³-hybridized carbons (Fsp3) is 0.267. The summed E-state index contributed by atoms with van der Waals surface area (Å²) in [5.41, 5.74) is 2.03. The van der Waals surface area contributed by atoms with E-state index in [0.29, 0.717) is 0 Å². The molecule has 1 aromatic heterocycles. The van der Waals surface area contributed by atoms with Crippen LogP contribution in [0.15, 0.2) is 48.8 Å². The van der Waals surface area contributed by atoms with Crippen LogP contribution >= 0.6 is 0 Å². The topological polar surface area (TPSA) is 34.2 Å². The molecule has 106 valence electrons. The monoisotopic (exact) mass is 278 g/mol. The number of benzene rings is 1. The number of hydrogen-bond donors (Lipinski definition) is 1. The first kappa shape index (κ1) is 14.4. The molecular weight excluding hydrogens is 262 g/mol. The van der Waals surface area contributed by atoms with Crippen molar-refractivity contribution in [3.8, 4) is 5.75 Å². The Bertz CT molecular complexity index is 534. The van der Waals surface area contributed by atoms with Crippen LogP contribution in [0.1, 0.15) is 17.2 Å². The van der Waals surface area contributed by atoms with Crippen molar-refractivity contribution in [3.63, 3.8) is 0 Å². The van der Waals surface area contributed by atoms with Crippen LogP contribution in [0.25, 0.3) is 0 Å². The lowest BCUT2D eigenvalue weighted by molar-refractivity contribution is -0.0499. The standard InChI is InChI=1S/C15H16F2N2O/c1-18-14(9-11-5-7-19-8-6-11)12-3-2-4-13(10-12)20-15(16)17/h2-8,10,14-15,18H,9H2,1H3. The third-order valence-corrected chi connectivity index (χ3v) is 3.02. The van der Waals surface area contributed by atoms with Crippen LogP contribution in [0, 0.1) is 0 Å². The van der Waals surface area contributed by atoms with Gasteiger partial charge in [-0.25, -0.2) is 0 Å². The average Bonchev–Trinajstić information content (AvgIpc) is 2.45. The van der Waals surface area contributed by atoms with Gasteiger partial charge < -0.3 is 10.1 Å². The summed E-state index contributed by atoms with van der Waals surface area (Å²) in [5.74, 6) is 0.174. The number of likely N-dealkylation sites (N-methyl/N-ethyl adjacent to an activating group) is 1. The summed E-state index contributed by atoms with van der Waals surface area (Å²) in [6, 6.07) is 10.7. The lowest BCUT2D eigenvalue weighted by Crippen LogP contribution is -2.19. The van der Waals surface area contributed by atoms with Gasteiger partial charge >= 0.3 is 6.61 Å². The summed E-state index contributed by atoms with van der Waals surface area (Å²) < 4.78 is 28.9. The quantitative estimate of drug-likeness (QED) is 0.881. The van der Waals surface area contributed by atoms with Crippen LogP contribution < -0.4 is 10.1 Å². The Labute approximate surface area is 116 Å². The highest BCUT2D eigenvalue weighted by Gasteiger charge is 2.12. The molecule has 1 unspecified atom stereocenters. The van der Waals surface area contributed by atoms with Gasteiger partial charge in [0, 0.05) is 18.4 Å². The van der Waals surface area contributed by atoms with Gasteiger partial charge in [0.05, 0.1) is 0 Å². The number of hydrogen-bond acceptors (Lipinski definition) is 3. The Morgan fingerprint density at radius 1 is 1.20 bits per heavy atom. The van der Waals surface area contributed by atoms with E-state index in [-0.39, 0.29) is 11.8 Å². The largest absolute Gasteiger partial charge is 0.435 e. The molecule has 0 spiro atoms. The molecule has 0 amide bonds. The second-order valence-electron chi connectivity index (χ2n) is 4.35. The number of ether oxygens (including phenoxy) is 1. The van der Waals surface area contributed by atoms with Crippen LogP contribution in [-0.2, 0) is 6.42 Å². The van der Waals surface area contributed by atoms with E-state index >= 15 is 0 Å². The van der Waals surface area contributed by atoms with Crippen molar-refractivity contribution in [1.29, 1.82) is 0 Å². The molecule has 0 bridgehead atoms. The molecular formula is C15H16F2N2O. The van der Waals surface area contributed by atoms with E-state index in [0.717, 1.165) is 17.5 Å². The molecule has 3 nitrogen and oxygen atoms in total. The van der Waals surface area contributed by atoms with E-state index in [4.69, 9.17) is 0 Å². The van der Waals surface area contributed by atoms with E-state index in [9.17, 15) is 8.78 Å². The molecule has 0 aliphatic carbocycles. The van der Waals surface area contributed by atoms with E-state index in [1.165, 1.54) is 6.07 Å². The number of pyridine rings is 1. The zero-order chi connectivity index (χ0) is 14.4. The molecule has 0 radical (unpaired) electrons. The fourth-order valence-electron chi connectivity index (χ4n) is 2.05. The first-order chi connectivity index (χ1) is 9.69. The molecule has 2 rings (SSSR count). The highest BCUT2D eigenvalue weighted by atomic mass is 19.3. The summed E-state index contributed by atoms with van der Waals surface area (Å²) in [4.78, 5) is 3.97. The number of aromatic nitrogens is 1.